The summed E-state index contributed by atoms with van der Waals surface area (Å²) < 4.78 is 15.7. The summed E-state index contributed by atoms with van der Waals surface area (Å²) in [6.07, 6.45) is 1.18. The molecule has 8 nitrogen and oxygen atoms in total. The van der Waals surface area contributed by atoms with Gasteiger partial charge in [0, 0.05) is 5.56 Å². The number of nitrogens with zero attached hydrogens (tertiary/aromatic N) is 1. The van der Waals surface area contributed by atoms with Gasteiger partial charge < -0.3 is 24.1 Å². The number of hydrogen-bond donors (Lipinski definition) is 1. The van der Waals surface area contributed by atoms with Crippen molar-refractivity contribution in [1.82, 2.24) is 5.43 Å². The number of carbonyl (C=O) groups excluding carboxylic acids is 2. The first-order valence-corrected chi connectivity index (χ1v) is 8.93. The number of hydrazone groups is 1. The summed E-state index contributed by atoms with van der Waals surface area (Å²) >= 11 is 0. The fourth-order valence-corrected chi connectivity index (χ4v) is 2.87. The standard InChI is InChI=1S/C22H20N2O6/c1-28-18-10-8-16(20(22(26)27)21(18)29-2)12-23-24-19(25)13-30-17-9-7-14-5-3-4-6-15(14)11-17/h3-12H,13H2,1-2H3,(H,24,25)(H,26,27)/p-1/b23-12-. The molecular formula is C22H19N2O6-. The molecule has 3 rings (SSSR count). The lowest BCUT2D eigenvalue weighted by Crippen LogP contribution is -2.26. The second kappa shape index (κ2) is 9.42. The summed E-state index contributed by atoms with van der Waals surface area (Å²) in [6, 6.07) is 16.3. The van der Waals surface area contributed by atoms with Crippen molar-refractivity contribution in [3.8, 4) is 17.2 Å². The fourth-order valence-electron chi connectivity index (χ4n) is 2.87. The summed E-state index contributed by atoms with van der Waals surface area (Å²) in [7, 11) is 2.71. The summed E-state index contributed by atoms with van der Waals surface area (Å²) in [4.78, 5) is 23.5. The van der Waals surface area contributed by atoms with E-state index in [1.54, 1.807) is 6.07 Å². The smallest absolute Gasteiger partial charge is 0.277 e. The second-order valence-electron chi connectivity index (χ2n) is 6.14. The van der Waals surface area contributed by atoms with Crippen LogP contribution in [-0.4, -0.2) is 38.9 Å². The van der Waals surface area contributed by atoms with Gasteiger partial charge in [0.05, 0.1) is 32.0 Å². The quantitative estimate of drug-likeness (QED) is 0.450. The van der Waals surface area contributed by atoms with E-state index in [9.17, 15) is 14.7 Å². The lowest BCUT2D eigenvalue weighted by molar-refractivity contribution is -0.255. The number of nitrogens with one attached hydrogen (secondary N) is 1. The molecule has 3 aromatic carbocycles. The Balaban J connectivity index is 1.64. The van der Waals surface area contributed by atoms with E-state index >= 15 is 0 Å². The topological polar surface area (TPSA) is 109 Å². The van der Waals surface area contributed by atoms with Crippen LogP contribution in [0.5, 0.6) is 17.2 Å². The Morgan fingerprint density at radius 1 is 1.03 bits per heavy atom. The van der Waals surface area contributed by atoms with E-state index in [1.165, 1.54) is 32.6 Å². The number of benzene rings is 3. The largest absolute Gasteiger partial charge is 0.545 e. The molecule has 0 aliphatic rings. The molecule has 0 heterocycles. The molecule has 3 aromatic rings. The molecule has 0 aliphatic carbocycles. The molecule has 0 fully saturated rings. The van der Waals surface area contributed by atoms with Crippen molar-refractivity contribution in [2.75, 3.05) is 20.8 Å². The van der Waals surface area contributed by atoms with Gasteiger partial charge in [-0.05, 0) is 35.0 Å². The first-order valence-electron chi connectivity index (χ1n) is 8.93. The highest BCUT2D eigenvalue weighted by Crippen LogP contribution is 2.32. The Kier molecular flexibility index (Phi) is 6.49. The predicted octanol–water partition coefficient (Wildman–Crippen LogP) is 1.75. The number of carboxylic acids is 1. The minimum atomic E-state index is -1.46. The molecule has 30 heavy (non-hydrogen) atoms. The molecular weight excluding hydrogens is 388 g/mol. The molecule has 1 N–H and O–H groups in total. The van der Waals surface area contributed by atoms with Crippen molar-refractivity contribution in [2.24, 2.45) is 5.10 Å². The molecule has 0 saturated heterocycles. The van der Waals surface area contributed by atoms with Crippen molar-refractivity contribution in [1.29, 1.82) is 0 Å². The van der Waals surface area contributed by atoms with Crippen molar-refractivity contribution in [3.05, 3.63) is 65.7 Å². The number of rotatable bonds is 8. The van der Waals surface area contributed by atoms with Crippen LogP contribution in [-0.2, 0) is 4.79 Å². The van der Waals surface area contributed by atoms with Gasteiger partial charge in [0.15, 0.2) is 18.1 Å². The number of ether oxygens (including phenoxy) is 3. The summed E-state index contributed by atoms with van der Waals surface area (Å²) in [6.45, 7) is -0.255. The first-order chi connectivity index (χ1) is 14.5. The Bertz CT molecular complexity index is 1110. The van der Waals surface area contributed by atoms with Gasteiger partial charge in [-0.25, -0.2) is 5.43 Å². The third kappa shape index (κ3) is 4.67. The maximum absolute atomic E-state index is 12.0. The zero-order chi connectivity index (χ0) is 21.5. The average Bonchev–Trinajstić information content (AvgIpc) is 2.76. The molecule has 0 aromatic heterocycles. The van der Waals surface area contributed by atoms with Gasteiger partial charge in [0.25, 0.3) is 5.91 Å². The molecule has 0 atom stereocenters. The van der Waals surface area contributed by atoms with Crippen LogP contribution in [0.4, 0.5) is 0 Å². The Morgan fingerprint density at radius 3 is 2.50 bits per heavy atom. The minimum Gasteiger partial charge on any atom is -0.545 e. The van der Waals surface area contributed by atoms with Gasteiger partial charge in [-0.3, -0.25) is 4.79 Å². The number of hydrogen-bond acceptors (Lipinski definition) is 7. The summed E-state index contributed by atoms with van der Waals surface area (Å²) in [5, 5.41) is 17.4. The van der Waals surface area contributed by atoms with E-state index in [0.29, 0.717) is 5.75 Å². The Morgan fingerprint density at radius 2 is 1.80 bits per heavy atom. The highest BCUT2D eigenvalue weighted by Gasteiger charge is 2.15. The fraction of sp³-hybridized carbons (Fsp3) is 0.136. The van der Waals surface area contributed by atoms with E-state index in [4.69, 9.17) is 14.2 Å². The van der Waals surface area contributed by atoms with Crippen LogP contribution < -0.4 is 24.7 Å². The van der Waals surface area contributed by atoms with Crippen LogP contribution in [0, 0.1) is 0 Å². The van der Waals surface area contributed by atoms with Gasteiger partial charge in [-0.15, -0.1) is 0 Å². The van der Waals surface area contributed by atoms with Gasteiger partial charge in [-0.1, -0.05) is 30.3 Å². The molecule has 0 radical (unpaired) electrons. The van der Waals surface area contributed by atoms with E-state index in [-0.39, 0.29) is 29.2 Å². The molecule has 0 spiro atoms. The van der Waals surface area contributed by atoms with Gasteiger partial charge in [0.1, 0.15) is 5.75 Å². The first kappa shape index (κ1) is 20.7. The number of methoxy groups -OCH3 is 2. The number of aromatic carboxylic acids is 1. The molecule has 8 heteroatoms. The summed E-state index contributed by atoms with van der Waals surface area (Å²) in [5.74, 6) is -1.17. The molecule has 154 valence electrons. The van der Waals surface area contributed by atoms with Gasteiger partial charge in [0.2, 0.25) is 0 Å². The molecule has 0 saturated carbocycles. The Hall–Kier alpha value is -4.07. The van der Waals surface area contributed by atoms with Crippen molar-refractivity contribution in [3.63, 3.8) is 0 Å². The molecule has 0 bridgehead atoms. The molecule has 1 amide bonds. The van der Waals surface area contributed by atoms with Crippen LogP contribution in [0.2, 0.25) is 0 Å². The molecule has 0 unspecified atom stereocenters. The normalized spacial score (nSPS) is 10.7. The highest BCUT2D eigenvalue weighted by molar-refractivity contribution is 6.01. The SMILES string of the molecule is COc1ccc(/C=N\NC(=O)COc2ccc3ccccc3c2)c(C(=O)[O-])c1OC. The lowest BCUT2D eigenvalue weighted by atomic mass is 10.1. The van der Waals surface area contributed by atoms with Crippen LogP contribution in [0.3, 0.4) is 0 Å². The Labute approximate surface area is 172 Å². The lowest BCUT2D eigenvalue weighted by Gasteiger charge is -2.15. The zero-order valence-corrected chi connectivity index (χ0v) is 16.4. The highest BCUT2D eigenvalue weighted by atomic mass is 16.5. The van der Waals surface area contributed by atoms with Crippen molar-refractivity contribution >= 4 is 28.9 Å². The monoisotopic (exact) mass is 407 g/mol. The van der Waals surface area contributed by atoms with Crippen LogP contribution in [0.25, 0.3) is 10.8 Å². The number of carbonyl (C=O) groups is 2. The van der Waals surface area contributed by atoms with Crippen molar-refractivity contribution < 1.29 is 28.9 Å². The number of amides is 1. The number of fused-ring (bicyclic) bond motifs is 1. The third-order valence-electron chi connectivity index (χ3n) is 4.27. The average molecular weight is 407 g/mol. The van der Waals surface area contributed by atoms with Gasteiger partial charge in [-0.2, -0.15) is 5.10 Å². The van der Waals surface area contributed by atoms with Crippen LogP contribution in [0.1, 0.15) is 15.9 Å². The second-order valence-corrected chi connectivity index (χ2v) is 6.14. The maximum Gasteiger partial charge on any atom is 0.277 e. The van der Waals surface area contributed by atoms with Crippen molar-refractivity contribution in [2.45, 2.75) is 0 Å². The van der Waals surface area contributed by atoms with E-state index in [2.05, 4.69) is 10.5 Å². The molecule has 0 aliphatic heterocycles. The van der Waals surface area contributed by atoms with Gasteiger partial charge >= 0.3 is 0 Å². The predicted molar refractivity (Wildman–Crippen MR) is 109 cm³/mol. The van der Waals surface area contributed by atoms with Crippen LogP contribution >= 0.6 is 0 Å². The van der Waals surface area contributed by atoms with E-state index in [1.807, 2.05) is 36.4 Å². The number of carboxylic acid groups (broad SMARTS) is 1. The van der Waals surface area contributed by atoms with E-state index < -0.39 is 11.9 Å². The van der Waals surface area contributed by atoms with E-state index in [0.717, 1.165) is 10.8 Å². The third-order valence-corrected chi connectivity index (χ3v) is 4.27. The minimum absolute atomic E-state index is 0.00686. The zero-order valence-electron chi connectivity index (χ0n) is 16.4. The van der Waals surface area contributed by atoms with Crippen LogP contribution in [0.15, 0.2) is 59.7 Å². The maximum atomic E-state index is 12.0. The summed E-state index contributed by atoms with van der Waals surface area (Å²) in [5.41, 5.74) is 2.24.